The molecule has 0 aromatic carbocycles. The number of rotatable bonds is 4. The van der Waals surface area contributed by atoms with Crippen molar-refractivity contribution >= 4 is 5.91 Å². The predicted molar refractivity (Wildman–Crippen MR) is 70.4 cm³/mol. The highest BCUT2D eigenvalue weighted by Crippen LogP contribution is 2.21. The molecule has 1 amide bonds. The van der Waals surface area contributed by atoms with Gasteiger partial charge in [0.05, 0.1) is 0 Å². The Bertz CT molecular complexity index is 401. The minimum Gasteiger partial charge on any atom is -0.334 e. The number of carbonyl (C=O) groups excluding carboxylic acids is 1. The third kappa shape index (κ3) is 2.72. The smallest absolute Gasteiger partial charge is 0.272 e. The van der Waals surface area contributed by atoms with E-state index in [-0.39, 0.29) is 5.91 Å². The lowest BCUT2D eigenvalue weighted by Gasteiger charge is -2.35. The molecule has 0 saturated carbocycles. The maximum atomic E-state index is 12.5. The van der Waals surface area contributed by atoms with Crippen LogP contribution in [-0.2, 0) is 7.05 Å². The molecule has 0 aliphatic carbocycles. The second kappa shape index (κ2) is 6.00. The van der Waals surface area contributed by atoms with Crippen LogP contribution < -0.4 is 5.32 Å². The van der Waals surface area contributed by atoms with Crippen LogP contribution in [0.5, 0.6) is 0 Å². The van der Waals surface area contributed by atoms with Crippen LogP contribution in [0.1, 0.15) is 36.2 Å². The van der Waals surface area contributed by atoms with Crippen molar-refractivity contribution in [3.63, 3.8) is 0 Å². The van der Waals surface area contributed by atoms with Crippen molar-refractivity contribution in [1.29, 1.82) is 0 Å². The number of nitrogens with zero attached hydrogens (tertiary/aromatic N) is 3. The highest BCUT2D eigenvalue weighted by molar-refractivity contribution is 5.92. The Kier molecular flexibility index (Phi) is 4.36. The van der Waals surface area contributed by atoms with Crippen LogP contribution in [0.25, 0.3) is 0 Å². The molecule has 1 aliphatic rings. The lowest BCUT2D eigenvalue weighted by atomic mass is 9.99. The Morgan fingerprint density at radius 3 is 3.06 bits per heavy atom. The summed E-state index contributed by atoms with van der Waals surface area (Å²) in [6.45, 7) is 1.83. The lowest BCUT2D eigenvalue weighted by molar-refractivity contribution is 0.0591. The first kappa shape index (κ1) is 13.1. The summed E-state index contributed by atoms with van der Waals surface area (Å²) < 4.78 is 1.66. The highest BCUT2D eigenvalue weighted by Gasteiger charge is 2.28. The first-order chi connectivity index (χ1) is 8.74. The Hall–Kier alpha value is -1.36. The average Bonchev–Trinajstić information content (AvgIpc) is 2.82. The summed E-state index contributed by atoms with van der Waals surface area (Å²) in [5, 5.41) is 7.24. The molecule has 1 unspecified atom stereocenters. The Labute approximate surface area is 108 Å². The molecule has 1 saturated heterocycles. The zero-order chi connectivity index (χ0) is 13.0. The maximum Gasteiger partial charge on any atom is 0.272 e. The molecule has 100 valence electrons. The minimum absolute atomic E-state index is 0.121. The van der Waals surface area contributed by atoms with E-state index < -0.39 is 0 Å². The van der Waals surface area contributed by atoms with Gasteiger partial charge in [0.15, 0.2) is 0 Å². The minimum atomic E-state index is 0.121. The highest BCUT2D eigenvalue weighted by atomic mass is 16.2. The molecule has 0 spiro atoms. The van der Waals surface area contributed by atoms with Crippen molar-refractivity contribution in [3.8, 4) is 0 Å². The van der Waals surface area contributed by atoms with Crippen LogP contribution in [0.2, 0.25) is 0 Å². The van der Waals surface area contributed by atoms with Crippen LogP contribution in [0.15, 0.2) is 12.3 Å². The summed E-state index contributed by atoms with van der Waals surface area (Å²) >= 11 is 0. The van der Waals surface area contributed by atoms with Gasteiger partial charge in [-0.05, 0) is 45.3 Å². The number of hydrogen-bond acceptors (Lipinski definition) is 3. The summed E-state index contributed by atoms with van der Waals surface area (Å²) in [5.41, 5.74) is 0.686. The molecule has 2 heterocycles. The van der Waals surface area contributed by atoms with Crippen LogP contribution in [0.4, 0.5) is 0 Å². The van der Waals surface area contributed by atoms with E-state index in [4.69, 9.17) is 0 Å². The second-order valence-electron chi connectivity index (χ2n) is 4.88. The van der Waals surface area contributed by atoms with Crippen LogP contribution >= 0.6 is 0 Å². The molecular weight excluding hydrogens is 228 g/mol. The summed E-state index contributed by atoms with van der Waals surface area (Å²) in [6.07, 6.45) is 6.16. The number of amides is 1. The van der Waals surface area contributed by atoms with E-state index in [2.05, 4.69) is 10.4 Å². The largest absolute Gasteiger partial charge is 0.334 e. The topological polar surface area (TPSA) is 50.2 Å². The van der Waals surface area contributed by atoms with Crippen molar-refractivity contribution in [2.45, 2.75) is 31.7 Å². The van der Waals surface area contributed by atoms with Gasteiger partial charge in [0, 0.05) is 25.8 Å². The molecule has 1 aliphatic heterocycles. The van der Waals surface area contributed by atoms with Crippen molar-refractivity contribution in [2.75, 3.05) is 20.1 Å². The molecule has 1 fully saturated rings. The lowest BCUT2D eigenvalue weighted by Crippen LogP contribution is -2.45. The molecule has 1 aromatic rings. The van der Waals surface area contributed by atoms with Gasteiger partial charge in [-0.15, -0.1) is 0 Å². The molecule has 0 radical (unpaired) electrons. The third-order valence-corrected chi connectivity index (χ3v) is 3.66. The van der Waals surface area contributed by atoms with E-state index in [1.165, 1.54) is 6.42 Å². The first-order valence-corrected chi connectivity index (χ1v) is 6.67. The van der Waals surface area contributed by atoms with Crippen LogP contribution in [0, 0.1) is 0 Å². The van der Waals surface area contributed by atoms with Gasteiger partial charge in [0.1, 0.15) is 5.69 Å². The van der Waals surface area contributed by atoms with Crippen molar-refractivity contribution in [1.82, 2.24) is 20.0 Å². The summed E-state index contributed by atoms with van der Waals surface area (Å²) in [4.78, 5) is 14.5. The average molecular weight is 250 g/mol. The van der Waals surface area contributed by atoms with Gasteiger partial charge in [-0.25, -0.2) is 0 Å². The maximum absolute atomic E-state index is 12.5. The fourth-order valence-electron chi connectivity index (χ4n) is 2.61. The van der Waals surface area contributed by atoms with Gasteiger partial charge in [0.25, 0.3) is 5.91 Å². The number of aromatic nitrogens is 2. The quantitative estimate of drug-likeness (QED) is 0.868. The number of hydrogen-bond donors (Lipinski definition) is 1. The zero-order valence-electron chi connectivity index (χ0n) is 11.2. The molecule has 5 heteroatoms. The van der Waals surface area contributed by atoms with Crippen LogP contribution in [-0.4, -0.2) is 46.8 Å². The fraction of sp³-hybridized carbons (Fsp3) is 0.692. The summed E-state index contributed by atoms with van der Waals surface area (Å²) in [6, 6.07) is 2.17. The Balaban J connectivity index is 2.08. The van der Waals surface area contributed by atoms with E-state index in [0.717, 1.165) is 32.4 Å². The molecule has 18 heavy (non-hydrogen) atoms. The molecule has 1 N–H and O–H groups in total. The number of aryl methyl sites for hydroxylation is 1. The summed E-state index contributed by atoms with van der Waals surface area (Å²) in [7, 11) is 3.77. The molecular formula is C13H22N4O. The molecule has 1 aromatic heterocycles. The van der Waals surface area contributed by atoms with Crippen molar-refractivity contribution < 1.29 is 4.79 Å². The molecule has 5 nitrogen and oxygen atoms in total. The van der Waals surface area contributed by atoms with E-state index in [0.29, 0.717) is 11.7 Å². The fourth-order valence-corrected chi connectivity index (χ4v) is 2.61. The Morgan fingerprint density at radius 2 is 2.39 bits per heavy atom. The first-order valence-electron chi connectivity index (χ1n) is 6.67. The number of likely N-dealkylation sites (tertiary alicyclic amines) is 1. The third-order valence-electron chi connectivity index (χ3n) is 3.66. The predicted octanol–water partition coefficient (Wildman–Crippen LogP) is 1.02. The monoisotopic (exact) mass is 250 g/mol. The molecule has 0 bridgehead atoms. The summed E-state index contributed by atoms with van der Waals surface area (Å²) in [5.74, 6) is 0.121. The normalized spacial score (nSPS) is 20.1. The zero-order valence-corrected chi connectivity index (χ0v) is 11.2. The number of nitrogens with one attached hydrogen (secondary N) is 1. The van der Waals surface area contributed by atoms with Gasteiger partial charge in [-0.2, -0.15) is 5.10 Å². The van der Waals surface area contributed by atoms with Crippen molar-refractivity contribution in [2.24, 2.45) is 7.05 Å². The van der Waals surface area contributed by atoms with Gasteiger partial charge in [-0.3, -0.25) is 9.48 Å². The van der Waals surface area contributed by atoms with Crippen LogP contribution in [0.3, 0.4) is 0 Å². The van der Waals surface area contributed by atoms with E-state index >= 15 is 0 Å². The van der Waals surface area contributed by atoms with Crippen molar-refractivity contribution in [3.05, 3.63) is 18.0 Å². The SMILES string of the molecule is CNCCC1CCCCN1C(=O)c1ccnn1C. The van der Waals surface area contributed by atoms with Gasteiger partial charge >= 0.3 is 0 Å². The number of piperidine rings is 1. The van der Waals surface area contributed by atoms with Gasteiger partial charge in [-0.1, -0.05) is 0 Å². The van der Waals surface area contributed by atoms with E-state index in [9.17, 15) is 4.79 Å². The molecule has 1 atom stereocenters. The van der Waals surface area contributed by atoms with E-state index in [1.54, 1.807) is 16.9 Å². The number of carbonyl (C=O) groups is 1. The molecule has 2 rings (SSSR count). The standard InChI is InChI=1S/C13H22N4O/c1-14-8-6-11-5-3-4-10-17(11)13(18)12-7-9-15-16(12)2/h7,9,11,14H,3-6,8,10H2,1-2H3. The Morgan fingerprint density at radius 1 is 1.56 bits per heavy atom. The second-order valence-corrected chi connectivity index (χ2v) is 4.88. The van der Waals surface area contributed by atoms with E-state index in [1.807, 2.05) is 19.0 Å². The van der Waals surface area contributed by atoms with Gasteiger partial charge < -0.3 is 10.2 Å². The van der Waals surface area contributed by atoms with Gasteiger partial charge in [0.2, 0.25) is 0 Å².